The quantitative estimate of drug-likeness (QED) is 0.435. The molecule has 1 aliphatic heterocycles. The zero-order valence-electron chi connectivity index (χ0n) is 9.65. The molecule has 1 fully saturated rings. The first-order valence-corrected chi connectivity index (χ1v) is 5.27. The molecule has 100 valence electrons. The average molecular weight is 266 g/mol. The summed E-state index contributed by atoms with van der Waals surface area (Å²) in [6.45, 7) is 0. The van der Waals surface area contributed by atoms with Gasteiger partial charge in [0.1, 0.15) is 0 Å². The minimum Gasteiger partial charge on any atom is -0.394 e. The van der Waals surface area contributed by atoms with Crippen LogP contribution in [-0.2, 0) is 9.59 Å². The first kappa shape index (κ1) is 12.8. The minimum atomic E-state index is -1.35. The van der Waals surface area contributed by atoms with Crippen LogP contribution in [0, 0.1) is 0 Å². The van der Waals surface area contributed by atoms with Crippen LogP contribution in [0.25, 0.3) is 0 Å². The summed E-state index contributed by atoms with van der Waals surface area (Å²) in [7, 11) is 0. The number of amides is 3. The average Bonchev–Trinajstić information content (AvgIpc) is 2.71. The SMILES string of the molecule is Nc1cccnc1OC(=O)N(O)N1C(=O)CCC1=O. The Morgan fingerprint density at radius 2 is 2.05 bits per heavy atom. The molecule has 1 saturated heterocycles. The zero-order valence-corrected chi connectivity index (χ0v) is 9.65. The van der Waals surface area contributed by atoms with Gasteiger partial charge in [-0.15, -0.1) is 0 Å². The van der Waals surface area contributed by atoms with Gasteiger partial charge < -0.3 is 10.5 Å². The number of anilines is 1. The number of pyridine rings is 1. The summed E-state index contributed by atoms with van der Waals surface area (Å²) in [5.41, 5.74) is 5.56. The highest BCUT2D eigenvalue weighted by Crippen LogP contribution is 2.19. The predicted octanol–water partition coefficient (Wildman–Crippen LogP) is -0.0822. The van der Waals surface area contributed by atoms with Crippen LogP contribution in [0.1, 0.15) is 12.8 Å². The molecule has 0 spiro atoms. The van der Waals surface area contributed by atoms with E-state index in [1.165, 1.54) is 18.3 Å². The van der Waals surface area contributed by atoms with Crippen LogP contribution in [0.3, 0.4) is 0 Å². The molecule has 9 heteroatoms. The van der Waals surface area contributed by atoms with Gasteiger partial charge in [-0.3, -0.25) is 14.8 Å². The number of imide groups is 1. The standard InChI is InChI=1S/C10H10N4O5/c11-6-2-1-5-12-9(6)19-10(17)14(18)13-7(15)3-4-8(13)16/h1-2,5,18H,3-4,11H2. The molecule has 3 amide bonds. The predicted molar refractivity (Wildman–Crippen MR) is 59.4 cm³/mol. The molecule has 2 rings (SSSR count). The van der Waals surface area contributed by atoms with Gasteiger partial charge in [0, 0.05) is 19.0 Å². The van der Waals surface area contributed by atoms with E-state index in [0.29, 0.717) is 5.01 Å². The van der Waals surface area contributed by atoms with Crippen LogP contribution in [-0.4, -0.2) is 38.3 Å². The van der Waals surface area contributed by atoms with Gasteiger partial charge in [-0.25, -0.2) is 9.78 Å². The molecule has 9 nitrogen and oxygen atoms in total. The lowest BCUT2D eigenvalue weighted by Gasteiger charge is -2.21. The van der Waals surface area contributed by atoms with Crippen molar-refractivity contribution in [2.24, 2.45) is 0 Å². The highest BCUT2D eigenvalue weighted by molar-refractivity contribution is 6.02. The van der Waals surface area contributed by atoms with Crippen molar-refractivity contribution < 1.29 is 24.3 Å². The topological polar surface area (TPSA) is 126 Å². The molecule has 19 heavy (non-hydrogen) atoms. The largest absolute Gasteiger partial charge is 0.461 e. The lowest BCUT2D eigenvalue weighted by Crippen LogP contribution is -2.48. The Bertz CT molecular complexity index is 530. The summed E-state index contributed by atoms with van der Waals surface area (Å²) in [6, 6.07) is 2.96. The smallest absolute Gasteiger partial charge is 0.394 e. The molecule has 0 bridgehead atoms. The Kier molecular flexibility index (Phi) is 3.29. The third-order valence-corrected chi connectivity index (χ3v) is 2.36. The third kappa shape index (κ3) is 2.45. The van der Waals surface area contributed by atoms with Crippen LogP contribution in [0.5, 0.6) is 5.88 Å². The number of carbonyl (C=O) groups is 3. The van der Waals surface area contributed by atoms with E-state index in [4.69, 9.17) is 5.73 Å². The van der Waals surface area contributed by atoms with Crippen LogP contribution in [0.4, 0.5) is 10.5 Å². The van der Waals surface area contributed by atoms with Crippen LogP contribution >= 0.6 is 0 Å². The van der Waals surface area contributed by atoms with E-state index in [2.05, 4.69) is 9.72 Å². The number of hydroxylamine groups is 1. The summed E-state index contributed by atoms with van der Waals surface area (Å²) in [5.74, 6) is -1.62. The Balaban J connectivity index is 2.10. The maximum absolute atomic E-state index is 11.6. The van der Waals surface area contributed by atoms with Gasteiger partial charge in [0.2, 0.25) is 5.88 Å². The van der Waals surface area contributed by atoms with Crippen molar-refractivity contribution >= 4 is 23.6 Å². The molecule has 0 radical (unpaired) electrons. The van der Waals surface area contributed by atoms with E-state index in [1.807, 2.05) is 0 Å². The Morgan fingerprint density at radius 3 is 2.63 bits per heavy atom. The summed E-state index contributed by atoms with van der Waals surface area (Å²) in [5, 5.41) is 9.60. The number of hydrogen-bond donors (Lipinski definition) is 2. The number of nitrogens with two attached hydrogens (primary N) is 1. The van der Waals surface area contributed by atoms with Gasteiger partial charge in [-0.05, 0) is 12.1 Å². The second kappa shape index (κ2) is 4.90. The molecule has 1 aromatic heterocycles. The summed E-state index contributed by atoms with van der Waals surface area (Å²) >= 11 is 0. The van der Waals surface area contributed by atoms with Gasteiger partial charge in [0.25, 0.3) is 11.8 Å². The molecule has 2 heterocycles. The van der Waals surface area contributed by atoms with E-state index in [1.54, 1.807) is 0 Å². The van der Waals surface area contributed by atoms with Gasteiger partial charge in [-0.1, -0.05) is 5.17 Å². The highest BCUT2D eigenvalue weighted by atomic mass is 16.7. The molecule has 0 atom stereocenters. The Hall–Kier alpha value is -2.68. The summed E-state index contributed by atoms with van der Waals surface area (Å²) in [4.78, 5) is 37.8. The maximum atomic E-state index is 11.6. The fourth-order valence-corrected chi connectivity index (χ4v) is 1.47. The molecule has 3 N–H and O–H groups in total. The molecular formula is C10H10N4O5. The maximum Gasteiger partial charge on any atom is 0.461 e. The number of carbonyl (C=O) groups excluding carboxylic acids is 3. The van der Waals surface area contributed by atoms with E-state index < -0.39 is 17.9 Å². The first-order chi connectivity index (χ1) is 9.00. The minimum absolute atomic E-state index is 0.0725. The number of rotatable bonds is 2. The molecule has 0 unspecified atom stereocenters. The number of nitrogens with zero attached hydrogens (tertiary/aromatic N) is 3. The summed E-state index contributed by atoms with van der Waals surface area (Å²) in [6.07, 6.45) is -0.176. The van der Waals surface area contributed by atoms with Crippen molar-refractivity contribution in [2.45, 2.75) is 12.8 Å². The van der Waals surface area contributed by atoms with E-state index in [-0.39, 0.29) is 29.6 Å². The van der Waals surface area contributed by atoms with Crippen molar-refractivity contribution in [3.8, 4) is 5.88 Å². The number of hydrazine groups is 1. The normalized spacial score (nSPS) is 14.7. The molecule has 0 saturated carbocycles. The number of aromatic nitrogens is 1. The van der Waals surface area contributed by atoms with Crippen molar-refractivity contribution in [2.75, 3.05) is 5.73 Å². The van der Waals surface area contributed by atoms with Crippen LogP contribution < -0.4 is 10.5 Å². The van der Waals surface area contributed by atoms with E-state index >= 15 is 0 Å². The molecular weight excluding hydrogens is 256 g/mol. The molecule has 0 aromatic carbocycles. The molecule has 1 aromatic rings. The monoisotopic (exact) mass is 266 g/mol. The fourth-order valence-electron chi connectivity index (χ4n) is 1.47. The van der Waals surface area contributed by atoms with Crippen molar-refractivity contribution in [1.29, 1.82) is 0 Å². The number of nitrogen functional groups attached to an aromatic ring is 1. The lowest BCUT2D eigenvalue weighted by molar-refractivity contribution is -0.207. The van der Waals surface area contributed by atoms with Gasteiger partial charge in [0.15, 0.2) is 0 Å². The highest BCUT2D eigenvalue weighted by Gasteiger charge is 2.37. The zero-order chi connectivity index (χ0) is 14.0. The third-order valence-electron chi connectivity index (χ3n) is 2.36. The molecule has 1 aliphatic rings. The fraction of sp³-hybridized carbons (Fsp3) is 0.200. The van der Waals surface area contributed by atoms with Crippen LogP contribution in [0.2, 0.25) is 0 Å². The van der Waals surface area contributed by atoms with Crippen molar-refractivity contribution in [3.05, 3.63) is 18.3 Å². The second-order valence-electron chi connectivity index (χ2n) is 3.65. The molecule has 0 aliphatic carbocycles. The van der Waals surface area contributed by atoms with Gasteiger partial charge in [0.05, 0.1) is 5.69 Å². The van der Waals surface area contributed by atoms with Crippen molar-refractivity contribution in [3.63, 3.8) is 0 Å². The van der Waals surface area contributed by atoms with E-state index in [0.717, 1.165) is 0 Å². The number of ether oxygens (including phenoxy) is 1. The lowest BCUT2D eigenvalue weighted by atomic mass is 10.4. The van der Waals surface area contributed by atoms with Crippen LogP contribution in [0.15, 0.2) is 18.3 Å². The second-order valence-corrected chi connectivity index (χ2v) is 3.65. The Labute approximate surface area is 107 Å². The van der Waals surface area contributed by atoms with E-state index in [9.17, 15) is 19.6 Å². The number of hydrogen-bond acceptors (Lipinski definition) is 7. The van der Waals surface area contributed by atoms with Gasteiger partial charge >= 0.3 is 6.09 Å². The summed E-state index contributed by atoms with van der Waals surface area (Å²) < 4.78 is 4.67. The van der Waals surface area contributed by atoms with Crippen molar-refractivity contribution in [1.82, 2.24) is 15.2 Å². The Morgan fingerprint density at radius 1 is 1.42 bits per heavy atom. The first-order valence-electron chi connectivity index (χ1n) is 5.27. The van der Waals surface area contributed by atoms with Gasteiger partial charge in [-0.2, -0.15) is 5.01 Å².